The van der Waals surface area contributed by atoms with Crippen LogP contribution in [-0.2, 0) is 0 Å². The van der Waals surface area contributed by atoms with Crippen molar-refractivity contribution in [3.63, 3.8) is 0 Å². The number of benzene rings is 1. The van der Waals surface area contributed by atoms with E-state index in [0.717, 1.165) is 29.6 Å². The first kappa shape index (κ1) is 14.5. The number of anilines is 1. The summed E-state index contributed by atoms with van der Waals surface area (Å²) in [7, 11) is 0. The minimum atomic E-state index is 0.129. The standard InChI is InChI=1S/C17H23NO2/c1-12(2)11-19-16-7-5-6-15(10-16)18-14(4)17-9-8-13(3)20-17/h5-10,12,14,18H,11H2,1-4H3. The lowest BCUT2D eigenvalue weighted by Crippen LogP contribution is -2.07. The van der Waals surface area contributed by atoms with E-state index in [-0.39, 0.29) is 6.04 Å². The molecule has 1 atom stereocenters. The molecule has 2 aromatic rings. The van der Waals surface area contributed by atoms with Crippen LogP contribution < -0.4 is 10.1 Å². The van der Waals surface area contributed by atoms with Gasteiger partial charge in [0.1, 0.15) is 17.3 Å². The van der Waals surface area contributed by atoms with Crippen molar-refractivity contribution in [2.75, 3.05) is 11.9 Å². The Morgan fingerprint density at radius 1 is 1.15 bits per heavy atom. The van der Waals surface area contributed by atoms with E-state index in [1.54, 1.807) is 0 Å². The average molecular weight is 273 g/mol. The molecule has 0 amide bonds. The second kappa shape index (κ2) is 6.51. The second-order valence-electron chi connectivity index (χ2n) is 5.55. The number of ether oxygens (including phenoxy) is 1. The zero-order chi connectivity index (χ0) is 14.5. The van der Waals surface area contributed by atoms with Crippen LogP contribution in [0.4, 0.5) is 5.69 Å². The number of aryl methyl sites for hydroxylation is 1. The molecule has 0 saturated heterocycles. The van der Waals surface area contributed by atoms with E-state index >= 15 is 0 Å². The predicted octanol–water partition coefficient (Wildman–Crippen LogP) is 4.80. The maximum atomic E-state index is 5.74. The van der Waals surface area contributed by atoms with Crippen LogP contribution in [0.25, 0.3) is 0 Å². The first-order valence-electron chi connectivity index (χ1n) is 7.10. The molecule has 1 aromatic heterocycles. The zero-order valence-electron chi connectivity index (χ0n) is 12.6. The third-order valence-corrected chi connectivity index (χ3v) is 2.99. The van der Waals surface area contributed by atoms with Crippen LogP contribution in [0, 0.1) is 12.8 Å². The van der Waals surface area contributed by atoms with Crippen LogP contribution in [0.3, 0.4) is 0 Å². The predicted molar refractivity (Wildman–Crippen MR) is 82.3 cm³/mol. The molecule has 1 aromatic carbocycles. The summed E-state index contributed by atoms with van der Waals surface area (Å²) in [5, 5.41) is 3.43. The van der Waals surface area contributed by atoms with Crippen molar-refractivity contribution < 1.29 is 9.15 Å². The lowest BCUT2D eigenvalue weighted by molar-refractivity contribution is 0.271. The Balaban J connectivity index is 2.00. The summed E-state index contributed by atoms with van der Waals surface area (Å²) >= 11 is 0. The Kier molecular flexibility index (Phi) is 4.72. The Morgan fingerprint density at radius 3 is 2.60 bits per heavy atom. The quantitative estimate of drug-likeness (QED) is 0.821. The van der Waals surface area contributed by atoms with Gasteiger partial charge in [-0.05, 0) is 44.0 Å². The SMILES string of the molecule is Cc1ccc(C(C)Nc2cccc(OCC(C)C)c2)o1. The van der Waals surface area contributed by atoms with E-state index in [2.05, 4.69) is 26.1 Å². The molecular formula is C17H23NO2. The van der Waals surface area contributed by atoms with Crippen LogP contribution in [-0.4, -0.2) is 6.61 Å². The van der Waals surface area contributed by atoms with Crippen LogP contribution >= 0.6 is 0 Å². The fourth-order valence-corrected chi connectivity index (χ4v) is 1.95. The summed E-state index contributed by atoms with van der Waals surface area (Å²) in [4.78, 5) is 0. The van der Waals surface area contributed by atoms with Gasteiger partial charge in [-0.25, -0.2) is 0 Å². The van der Waals surface area contributed by atoms with Gasteiger partial charge in [0.25, 0.3) is 0 Å². The lowest BCUT2D eigenvalue weighted by atomic mass is 10.2. The molecule has 0 bridgehead atoms. The van der Waals surface area contributed by atoms with Crippen LogP contribution in [0.5, 0.6) is 5.75 Å². The summed E-state index contributed by atoms with van der Waals surface area (Å²) in [6.45, 7) is 9.06. The summed E-state index contributed by atoms with van der Waals surface area (Å²) in [5.41, 5.74) is 1.04. The van der Waals surface area contributed by atoms with E-state index in [9.17, 15) is 0 Å². The van der Waals surface area contributed by atoms with E-state index in [0.29, 0.717) is 5.92 Å². The highest BCUT2D eigenvalue weighted by molar-refractivity contribution is 5.49. The molecule has 1 unspecified atom stereocenters. The average Bonchev–Trinajstić information content (AvgIpc) is 2.84. The summed E-state index contributed by atoms with van der Waals surface area (Å²) in [6, 6.07) is 12.2. The van der Waals surface area contributed by atoms with Crippen LogP contribution in [0.1, 0.15) is 38.3 Å². The molecule has 0 fully saturated rings. The van der Waals surface area contributed by atoms with Gasteiger partial charge >= 0.3 is 0 Å². The highest BCUT2D eigenvalue weighted by atomic mass is 16.5. The number of furan rings is 1. The third kappa shape index (κ3) is 4.05. The van der Waals surface area contributed by atoms with Gasteiger partial charge in [-0.15, -0.1) is 0 Å². The first-order chi connectivity index (χ1) is 9.54. The molecule has 108 valence electrons. The molecule has 3 nitrogen and oxygen atoms in total. The topological polar surface area (TPSA) is 34.4 Å². The molecule has 2 rings (SSSR count). The normalized spacial score (nSPS) is 12.4. The molecular weight excluding hydrogens is 250 g/mol. The van der Waals surface area contributed by atoms with Gasteiger partial charge in [0, 0.05) is 11.8 Å². The van der Waals surface area contributed by atoms with Gasteiger partial charge in [-0.2, -0.15) is 0 Å². The monoisotopic (exact) mass is 273 g/mol. The molecule has 0 aliphatic carbocycles. The highest BCUT2D eigenvalue weighted by Crippen LogP contribution is 2.24. The fourth-order valence-electron chi connectivity index (χ4n) is 1.95. The highest BCUT2D eigenvalue weighted by Gasteiger charge is 2.09. The molecule has 1 heterocycles. The molecule has 20 heavy (non-hydrogen) atoms. The van der Waals surface area contributed by atoms with Crippen molar-refractivity contribution in [2.24, 2.45) is 5.92 Å². The first-order valence-corrected chi connectivity index (χ1v) is 7.10. The Hall–Kier alpha value is -1.90. The minimum absolute atomic E-state index is 0.129. The van der Waals surface area contributed by atoms with Crippen molar-refractivity contribution in [1.29, 1.82) is 0 Å². The van der Waals surface area contributed by atoms with Crippen LogP contribution in [0.2, 0.25) is 0 Å². The van der Waals surface area contributed by atoms with Gasteiger partial charge in [0.2, 0.25) is 0 Å². The maximum Gasteiger partial charge on any atom is 0.126 e. The van der Waals surface area contributed by atoms with Gasteiger partial charge in [0.05, 0.1) is 12.6 Å². The molecule has 0 spiro atoms. The Morgan fingerprint density at radius 2 is 1.95 bits per heavy atom. The van der Waals surface area contributed by atoms with Crippen molar-refractivity contribution in [1.82, 2.24) is 0 Å². The largest absolute Gasteiger partial charge is 0.493 e. The summed E-state index contributed by atoms with van der Waals surface area (Å²) in [5.74, 6) is 3.29. The summed E-state index contributed by atoms with van der Waals surface area (Å²) in [6.07, 6.45) is 0. The number of hydrogen-bond acceptors (Lipinski definition) is 3. The summed E-state index contributed by atoms with van der Waals surface area (Å²) < 4.78 is 11.4. The van der Waals surface area contributed by atoms with Crippen LogP contribution in [0.15, 0.2) is 40.8 Å². The van der Waals surface area contributed by atoms with E-state index in [1.807, 2.05) is 43.3 Å². The van der Waals surface area contributed by atoms with Crippen molar-refractivity contribution in [3.05, 3.63) is 47.9 Å². The fraction of sp³-hybridized carbons (Fsp3) is 0.412. The number of hydrogen-bond donors (Lipinski definition) is 1. The number of nitrogens with one attached hydrogen (secondary N) is 1. The number of rotatable bonds is 6. The molecule has 0 aliphatic heterocycles. The Bertz CT molecular complexity index is 545. The van der Waals surface area contributed by atoms with E-state index in [1.165, 1.54) is 0 Å². The smallest absolute Gasteiger partial charge is 0.126 e. The zero-order valence-corrected chi connectivity index (χ0v) is 12.6. The van der Waals surface area contributed by atoms with E-state index in [4.69, 9.17) is 9.15 Å². The van der Waals surface area contributed by atoms with E-state index < -0.39 is 0 Å². The second-order valence-corrected chi connectivity index (χ2v) is 5.55. The van der Waals surface area contributed by atoms with Gasteiger partial charge < -0.3 is 14.5 Å². The maximum absolute atomic E-state index is 5.74. The molecule has 0 radical (unpaired) electrons. The van der Waals surface area contributed by atoms with Crippen molar-refractivity contribution in [3.8, 4) is 5.75 Å². The third-order valence-electron chi connectivity index (χ3n) is 2.99. The molecule has 3 heteroatoms. The minimum Gasteiger partial charge on any atom is -0.493 e. The molecule has 0 aliphatic rings. The van der Waals surface area contributed by atoms with Gasteiger partial charge in [0.15, 0.2) is 0 Å². The van der Waals surface area contributed by atoms with Gasteiger partial charge in [-0.3, -0.25) is 0 Å². The molecule has 0 saturated carbocycles. The Labute approximate surface area is 121 Å². The van der Waals surface area contributed by atoms with Crippen molar-refractivity contribution >= 4 is 5.69 Å². The van der Waals surface area contributed by atoms with Gasteiger partial charge in [-0.1, -0.05) is 19.9 Å². The molecule has 1 N–H and O–H groups in total. The van der Waals surface area contributed by atoms with Crippen molar-refractivity contribution in [2.45, 2.75) is 33.7 Å². The lowest BCUT2D eigenvalue weighted by Gasteiger charge is -2.15.